The van der Waals surface area contributed by atoms with Crippen LogP contribution in [0.25, 0.3) is 0 Å². The Morgan fingerprint density at radius 2 is 2.08 bits per heavy atom. The summed E-state index contributed by atoms with van der Waals surface area (Å²) in [6, 6.07) is 7.74. The number of hydrogen-bond donors (Lipinski definition) is 1. The average molecular weight is 357 g/mol. The number of aromatic nitrogens is 2. The number of nitrogens with one attached hydrogen (secondary N) is 1. The third kappa shape index (κ3) is 4.69. The summed E-state index contributed by atoms with van der Waals surface area (Å²) < 4.78 is 11.0. The second-order valence-electron chi connectivity index (χ2n) is 7.31. The van der Waals surface area contributed by atoms with E-state index in [1.807, 2.05) is 45.0 Å². The van der Waals surface area contributed by atoms with Crippen molar-refractivity contribution in [2.75, 3.05) is 13.2 Å². The Balaban J connectivity index is 1.75. The van der Waals surface area contributed by atoms with Crippen molar-refractivity contribution < 1.29 is 14.1 Å². The zero-order valence-electron chi connectivity index (χ0n) is 15.7. The van der Waals surface area contributed by atoms with Crippen LogP contribution in [0.2, 0.25) is 0 Å². The second-order valence-corrected chi connectivity index (χ2v) is 7.31. The predicted molar refractivity (Wildman–Crippen MR) is 97.7 cm³/mol. The topological polar surface area (TPSA) is 77.3 Å². The molecule has 6 nitrogen and oxygen atoms in total. The molecule has 1 aromatic carbocycles. The average Bonchev–Trinajstić information content (AvgIpc) is 3.10. The lowest BCUT2D eigenvalue weighted by Gasteiger charge is -2.28. The Morgan fingerprint density at radius 1 is 1.31 bits per heavy atom. The van der Waals surface area contributed by atoms with Gasteiger partial charge in [-0.1, -0.05) is 48.8 Å². The highest BCUT2D eigenvalue weighted by Crippen LogP contribution is 2.30. The molecule has 0 spiro atoms. The molecule has 1 aliphatic rings. The summed E-state index contributed by atoms with van der Waals surface area (Å²) in [5.41, 5.74) is 2.15. The molecule has 1 N–H and O–H groups in total. The van der Waals surface area contributed by atoms with Crippen molar-refractivity contribution in [2.24, 2.45) is 5.92 Å². The maximum absolute atomic E-state index is 12.7. The largest absolute Gasteiger partial charge is 0.381 e. The van der Waals surface area contributed by atoms with Crippen LogP contribution >= 0.6 is 0 Å². The van der Waals surface area contributed by atoms with Gasteiger partial charge in [0.05, 0.1) is 6.42 Å². The molecular weight excluding hydrogens is 330 g/mol. The van der Waals surface area contributed by atoms with Gasteiger partial charge in [0.2, 0.25) is 11.8 Å². The van der Waals surface area contributed by atoms with Crippen LogP contribution in [0.4, 0.5) is 0 Å². The van der Waals surface area contributed by atoms with Crippen molar-refractivity contribution in [1.82, 2.24) is 15.5 Å². The third-order valence-corrected chi connectivity index (χ3v) is 4.74. The maximum atomic E-state index is 12.7. The van der Waals surface area contributed by atoms with Crippen LogP contribution in [0.5, 0.6) is 0 Å². The van der Waals surface area contributed by atoms with Gasteiger partial charge in [0.25, 0.3) is 0 Å². The molecule has 1 atom stereocenters. The van der Waals surface area contributed by atoms with E-state index in [1.54, 1.807) is 0 Å². The molecule has 1 unspecified atom stereocenters. The summed E-state index contributed by atoms with van der Waals surface area (Å²) in [6.07, 6.45) is 2.08. The SMILES string of the molecule is Cc1cccc(CC(=O)NC(c2nc(C(C)C)no2)C2CCOCC2)c1. The number of carbonyl (C=O) groups is 1. The second kappa shape index (κ2) is 8.45. The molecule has 1 aromatic heterocycles. The number of rotatable bonds is 6. The maximum Gasteiger partial charge on any atom is 0.249 e. The minimum atomic E-state index is -0.267. The molecule has 0 saturated carbocycles. The monoisotopic (exact) mass is 357 g/mol. The highest BCUT2D eigenvalue weighted by molar-refractivity contribution is 5.79. The molecule has 26 heavy (non-hydrogen) atoms. The number of aryl methyl sites for hydroxylation is 1. The Bertz CT molecular complexity index is 735. The van der Waals surface area contributed by atoms with E-state index in [-0.39, 0.29) is 23.8 Å². The van der Waals surface area contributed by atoms with Crippen molar-refractivity contribution >= 4 is 5.91 Å². The summed E-state index contributed by atoms with van der Waals surface area (Å²) in [4.78, 5) is 17.2. The molecule has 1 saturated heterocycles. The van der Waals surface area contributed by atoms with E-state index in [4.69, 9.17) is 9.26 Å². The third-order valence-electron chi connectivity index (χ3n) is 4.74. The van der Waals surface area contributed by atoms with E-state index in [9.17, 15) is 4.79 Å². The van der Waals surface area contributed by atoms with Crippen LogP contribution in [0.3, 0.4) is 0 Å². The fourth-order valence-corrected chi connectivity index (χ4v) is 3.27. The van der Waals surface area contributed by atoms with Crippen molar-refractivity contribution in [2.45, 2.75) is 52.0 Å². The fourth-order valence-electron chi connectivity index (χ4n) is 3.27. The number of nitrogens with zero attached hydrogens (tertiary/aromatic N) is 2. The quantitative estimate of drug-likeness (QED) is 0.858. The van der Waals surface area contributed by atoms with Gasteiger partial charge in [-0.25, -0.2) is 0 Å². The first-order valence-corrected chi connectivity index (χ1v) is 9.29. The standard InChI is InChI=1S/C20H27N3O3/c1-13(2)19-22-20(26-23-19)18(16-7-9-25-10-8-16)21-17(24)12-15-6-4-5-14(3)11-15/h4-6,11,13,16,18H,7-10,12H2,1-3H3,(H,21,24). The van der Waals surface area contributed by atoms with Crippen LogP contribution in [0, 0.1) is 12.8 Å². The first-order chi connectivity index (χ1) is 12.5. The van der Waals surface area contributed by atoms with Crippen LogP contribution < -0.4 is 5.32 Å². The van der Waals surface area contributed by atoms with Gasteiger partial charge in [-0.2, -0.15) is 4.98 Å². The van der Waals surface area contributed by atoms with Crippen LogP contribution in [-0.2, 0) is 16.0 Å². The van der Waals surface area contributed by atoms with E-state index in [2.05, 4.69) is 15.5 Å². The molecule has 1 aliphatic heterocycles. The van der Waals surface area contributed by atoms with Gasteiger partial charge in [0.15, 0.2) is 5.82 Å². The lowest BCUT2D eigenvalue weighted by Crippen LogP contribution is -2.37. The molecule has 2 aromatic rings. The van der Waals surface area contributed by atoms with Gasteiger partial charge in [-0.3, -0.25) is 4.79 Å². The van der Waals surface area contributed by atoms with Gasteiger partial charge in [0.1, 0.15) is 6.04 Å². The molecule has 140 valence electrons. The Labute approximate surface area is 154 Å². The normalized spacial score (nSPS) is 16.6. The van der Waals surface area contributed by atoms with E-state index < -0.39 is 0 Å². The highest BCUT2D eigenvalue weighted by atomic mass is 16.5. The highest BCUT2D eigenvalue weighted by Gasteiger charge is 2.31. The number of benzene rings is 1. The van der Waals surface area contributed by atoms with Crippen molar-refractivity contribution in [3.8, 4) is 0 Å². The molecule has 3 rings (SSSR count). The van der Waals surface area contributed by atoms with Gasteiger partial charge in [0, 0.05) is 19.1 Å². The molecule has 2 heterocycles. The predicted octanol–water partition coefficient (Wildman–Crippen LogP) is 3.33. The van der Waals surface area contributed by atoms with Crippen molar-refractivity contribution in [3.63, 3.8) is 0 Å². The van der Waals surface area contributed by atoms with Gasteiger partial charge < -0.3 is 14.6 Å². The van der Waals surface area contributed by atoms with Crippen LogP contribution in [0.15, 0.2) is 28.8 Å². The van der Waals surface area contributed by atoms with E-state index in [0.717, 1.165) is 24.0 Å². The number of amides is 1. The number of hydrogen-bond acceptors (Lipinski definition) is 5. The Hall–Kier alpha value is -2.21. The van der Waals surface area contributed by atoms with E-state index in [1.165, 1.54) is 0 Å². The smallest absolute Gasteiger partial charge is 0.249 e. The van der Waals surface area contributed by atoms with Gasteiger partial charge in [-0.15, -0.1) is 0 Å². The van der Waals surface area contributed by atoms with Gasteiger partial charge in [-0.05, 0) is 31.2 Å². The lowest BCUT2D eigenvalue weighted by atomic mass is 9.91. The van der Waals surface area contributed by atoms with E-state index in [0.29, 0.717) is 31.3 Å². The van der Waals surface area contributed by atoms with Crippen molar-refractivity contribution in [3.05, 3.63) is 47.1 Å². The van der Waals surface area contributed by atoms with Crippen LogP contribution in [0.1, 0.15) is 61.5 Å². The summed E-state index contributed by atoms with van der Waals surface area (Å²) >= 11 is 0. The summed E-state index contributed by atoms with van der Waals surface area (Å²) in [7, 11) is 0. The number of carbonyl (C=O) groups excluding carboxylic acids is 1. The van der Waals surface area contributed by atoms with Crippen LogP contribution in [-0.4, -0.2) is 29.3 Å². The molecule has 6 heteroatoms. The Kier molecular flexibility index (Phi) is 6.04. The minimum Gasteiger partial charge on any atom is -0.381 e. The first-order valence-electron chi connectivity index (χ1n) is 9.29. The Morgan fingerprint density at radius 3 is 2.73 bits per heavy atom. The number of ether oxygens (including phenoxy) is 1. The first kappa shape index (κ1) is 18.6. The summed E-state index contributed by atoms with van der Waals surface area (Å²) in [5.74, 6) is 1.57. The molecule has 0 radical (unpaired) electrons. The van der Waals surface area contributed by atoms with Crippen molar-refractivity contribution in [1.29, 1.82) is 0 Å². The molecule has 0 bridgehead atoms. The zero-order valence-corrected chi connectivity index (χ0v) is 15.7. The molecule has 1 amide bonds. The fraction of sp³-hybridized carbons (Fsp3) is 0.550. The zero-order chi connectivity index (χ0) is 18.5. The lowest BCUT2D eigenvalue weighted by molar-refractivity contribution is -0.122. The molecule has 1 fully saturated rings. The molecule has 0 aliphatic carbocycles. The summed E-state index contributed by atoms with van der Waals surface area (Å²) in [5, 5.41) is 7.20. The molecular formula is C20H27N3O3. The minimum absolute atomic E-state index is 0.0311. The van der Waals surface area contributed by atoms with E-state index >= 15 is 0 Å². The van der Waals surface area contributed by atoms with Gasteiger partial charge >= 0.3 is 0 Å². The summed E-state index contributed by atoms with van der Waals surface area (Å²) in [6.45, 7) is 7.46.